The largest absolute Gasteiger partial charge is 0.478 e. The van der Waals surface area contributed by atoms with Crippen molar-refractivity contribution in [1.29, 1.82) is 0 Å². The van der Waals surface area contributed by atoms with Crippen LogP contribution in [0.1, 0.15) is 29.8 Å². The van der Waals surface area contributed by atoms with Crippen molar-refractivity contribution in [3.8, 4) is 0 Å². The zero-order chi connectivity index (χ0) is 11.3. The molecule has 14 heavy (non-hydrogen) atoms. The summed E-state index contributed by atoms with van der Waals surface area (Å²) >= 11 is 2.96. The molecule has 0 saturated heterocycles. The van der Waals surface area contributed by atoms with Gasteiger partial charge < -0.3 is 5.11 Å². The molecule has 0 heterocycles. The standard InChI is InChI=1S/C8H6BrFO2.C2H6/c1-4-2-6(9)7(10)3-5(4)8(11)12;1-2/h2-3H,1H3,(H,11,12);1-2H3. The highest BCUT2D eigenvalue weighted by atomic mass is 79.9. The molecule has 78 valence electrons. The molecule has 0 bridgehead atoms. The number of carboxylic acids is 1. The summed E-state index contributed by atoms with van der Waals surface area (Å²) in [7, 11) is 0. The van der Waals surface area contributed by atoms with E-state index in [1.165, 1.54) is 6.07 Å². The Labute approximate surface area is 90.9 Å². The van der Waals surface area contributed by atoms with Crippen molar-refractivity contribution >= 4 is 21.9 Å². The fourth-order valence-corrected chi connectivity index (χ4v) is 1.33. The van der Waals surface area contributed by atoms with Crippen LogP contribution in [-0.2, 0) is 0 Å². The summed E-state index contributed by atoms with van der Waals surface area (Å²) < 4.78 is 13.1. The van der Waals surface area contributed by atoms with Gasteiger partial charge in [0, 0.05) is 0 Å². The van der Waals surface area contributed by atoms with Crippen LogP contribution in [0.4, 0.5) is 4.39 Å². The van der Waals surface area contributed by atoms with Crippen molar-refractivity contribution < 1.29 is 14.3 Å². The van der Waals surface area contributed by atoms with E-state index in [0.29, 0.717) is 5.56 Å². The molecular weight excluding hydrogens is 251 g/mol. The molecule has 0 atom stereocenters. The minimum absolute atomic E-state index is 0.00398. The lowest BCUT2D eigenvalue weighted by Crippen LogP contribution is -2.00. The van der Waals surface area contributed by atoms with Crippen LogP contribution in [0.5, 0.6) is 0 Å². The molecule has 0 radical (unpaired) electrons. The zero-order valence-corrected chi connectivity index (χ0v) is 9.85. The fourth-order valence-electron chi connectivity index (χ4n) is 0.877. The predicted octanol–water partition coefficient (Wildman–Crippen LogP) is 3.62. The number of hydrogen-bond acceptors (Lipinski definition) is 1. The van der Waals surface area contributed by atoms with E-state index in [-0.39, 0.29) is 10.0 Å². The molecule has 0 unspecified atom stereocenters. The van der Waals surface area contributed by atoms with E-state index >= 15 is 0 Å². The number of carbonyl (C=O) groups is 1. The average molecular weight is 263 g/mol. The fraction of sp³-hybridized carbons (Fsp3) is 0.300. The molecule has 1 N–H and O–H groups in total. The smallest absolute Gasteiger partial charge is 0.336 e. The van der Waals surface area contributed by atoms with Crippen LogP contribution in [0.2, 0.25) is 0 Å². The molecule has 0 aromatic heterocycles. The normalized spacial score (nSPS) is 8.93. The van der Waals surface area contributed by atoms with Gasteiger partial charge in [0.25, 0.3) is 0 Å². The average Bonchev–Trinajstić information content (AvgIpc) is 2.14. The summed E-state index contributed by atoms with van der Waals surface area (Å²) in [5.41, 5.74) is 0.534. The molecule has 1 rings (SSSR count). The van der Waals surface area contributed by atoms with Crippen LogP contribution in [0.25, 0.3) is 0 Å². The van der Waals surface area contributed by atoms with Gasteiger partial charge in [0.2, 0.25) is 0 Å². The van der Waals surface area contributed by atoms with Crippen LogP contribution in [0.3, 0.4) is 0 Å². The third-order valence-electron chi connectivity index (χ3n) is 1.50. The van der Waals surface area contributed by atoms with Gasteiger partial charge in [-0.25, -0.2) is 9.18 Å². The molecule has 1 aromatic carbocycles. The van der Waals surface area contributed by atoms with Crippen molar-refractivity contribution in [2.24, 2.45) is 0 Å². The first-order valence-electron chi connectivity index (χ1n) is 4.21. The van der Waals surface area contributed by atoms with Gasteiger partial charge in [-0.3, -0.25) is 0 Å². The summed E-state index contributed by atoms with van der Waals surface area (Å²) in [4.78, 5) is 10.5. The number of aromatic carboxylic acids is 1. The number of benzene rings is 1. The third kappa shape index (κ3) is 3.10. The predicted molar refractivity (Wildman–Crippen MR) is 57.1 cm³/mol. The summed E-state index contributed by atoms with van der Waals surface area (Å²) in [5, 5.41) is 8.60. The molecular formula is C10H12BrFO2. The van der Waals surface area contributed by atoms with Crippen LogP contribution in [-0.4, -0.2) is 11.1 Å². The van der Waals surface area contributed by atoms with Gasteiger partial charge in [-0.1, -0.05) is 13.8 Å². The zero-order valence-electron chi connectivity index (χ0n) is 8.27. The summed E-state index contributed by atoms with van der Waals surface area (Å²) in [6.45, 7) is 5.62. The maximum absolute atomic E-state index is 12.8. The lowest BCUT2D eigenvalue weighted by atomic mass is 10.1. The van der Waals surface area contributed by atoms with Gasteiger partial charge in [-0.05, 0) is 40.5 Å². The van der Waals surface area contributed by atoms with Crippen molar-refractivity contribution in [2.75, 3.05) is 0 Å². The molecule has 0 amide bonds. The molecule has 2 nitrogen and oxygen atoms in total. The first-order valence-corrected chi connectivity index (χ1v) is 5.00. The lowest BCUT2D eigenvalue weighted by Gasteiger charge is -2.01. The third-order valence-corrected chi connectivity index (χ3v) is 2.11. The van der Waals surface area contributed by atoms with Gasteiger partial charge >= 0.3 is 5.97 Å². The summed E-state index contributed by atoms with van der Waals surface area (Å²) in [6, 6.07) is 2.44. The molecule has 0 aliphatic heterocycles. The van der Waals surface area contributed by atoms with Crippen molar-refractivity contribution in [2.45, 2.75) is 20.8 Å². The van der Waals surface area contributed by atoms with E-state index in [2.05, 4.69) is 15.9 Å². The van der Waals surface area contributed by atoms with Gasteiger partial charge in [0.15, 0.2) is 0 Å². The molecule has 1 aromatic rings. The Morgan fingerprint density at radius 1 is 1.43 bits per heavy atom. The molecule has 0 fully saturated rings. The van der Waals surface area contributed by atoms with Gasteiger partial charge in [0.05, 0.1) is 10.0 Å². The number of hydrogen-bond donors (Lipinski definition) is 1. The van der Waals surface area contributed by atoms with Gasteiger partial charge in [0.1, 0.15) is 5.82 Å². The van der Waals surface area contributed by atoms with Crippen LogP contribution >= 0.6 is 15.9 Å². The maximum Gasteiger partial charge on any atom is 0.336 e. The Morgan fingerprint density at radius 2 is 1.93 bits per heavy atom. The van der Waals surface area contributed by atoms with Crippen LogP contribution < -0.4 is 0 Å². The highest BCUT2D eigenvalue weighted by Gasteiger charge is 2.10. The van der Waals surface area contributed by atoms with Crippen LogP contribution in [0.15, 0.2) is 16.6 Å². The summed E-state index contributed by atoms with van der Waals surface area (Å²) in [6.07, 6.45) is 0. The topological polar surface area (TPSA) is 37.3 Å². The minimum atomic E-state index is -1.11. The van der Waals surface area contributed by atoms with Gasteiger partial charge in [-0.2, -0.15) is 0 Å². The minimum Gasteiger partial charge on any atom is -0.478 e. The molecule has 0 saturated carbocycles. The van der Waals surface area contributed by atoms with Crippen molar-refractivity contribution in [1.82, 2.24) is 0 Å². The van der Waals surface area contributed by atoms with Crippen LogP contribution in [0, 0.1) is 12.7 Å². The van der Waals surface area contributed by atoms with E-state index in [1.54, 1.807) is 6.92 Å². The second-order valence-electron chi connectivity index (χ2n) is 2.39. The molecule has 0 aliphatic rings. The Bertz CT molecular complexity index is 337. The second kappa shape index (κ2) is 5.75. The first kappa shape index (κ1) is 13.1. The van der Waals surface area contributed by atoms with E-state index < -0.39 is 11.8 Å². The summed E-state index contributed by atoms with van der Waals surface area (Å²) in [5.74, 6) is -1.67. The number of halogens is 2. The SMILES string of the molecule is CC.Cc1cc(Br)c(F)cc1C(=O)O. The maximum atomic E-state index is 12.8. The van der Waals surface area contributed by atoms with Crippen molar-refractivity contribution in [3.05, 3.63) is 33.5 Å². The lowest BCUT2D eigenvalue weighted by molar-refractivity contribution is 0.0695. The Balaban J connectivity index is 0.000000791. The van der Waals surface area contributed by atoms with E-state index in [4.69, 9.17) is 5.11 Å². The Hall–Kier alpha value is -0.900. The van der Waals surface area contributed by atoms with Gasteiger partial charge in [-0.15, -0.1) is 0 Å². The number of rotatable bonds is 1. The highest BCUT2D eigenvalue weighted by Crippen LogP contribution is 2.20. The second-order valence-corrected chi connectivity index (χ2v) is 3.24. The highest BCUT2D eigenvalue weighted by molar-refractivity contribution is 9.10. The van der Waals surface area contributed by atoms with Crippen molar-refractivity contribution in [3.63, 3.8) is 0 Å². The first-order chi connectivity index (χ1) is 6.52. The van der Waals surface area contributed by atoms with E-state index in [1.807, 2.05) is 13.8 Å². The molecule has 4 heteroatoms. The quantitative estimate of drug-likeness (QED) is 0.840. The molecule has 0 spiro atoms. The number of carboxylic acid groups (broad SMARTS) is 1. The molecule has 0 aliphatic carbocycles. The number of aryl methyl sites for hydroxylation is 1. The Kier molecular flexibility index (Phi) is 5.38. The Morgan fingerprint density at radius 3 is 2.36 bits per heavy atom. The monoisotopic (exact) mass is 262 g/mol. The van der Waals surface area contributed by atoms with E-state index in [0.717, 1.165) is 6.07 Å². The van der Waals surface area contributed by atoms with E-state index in [9.17, 15) is 9.18 Å².